The number of aliphatic imine (C=N–C) groups is 1. The van der Waals surface area contributed by atoms with Crippen LogP contribution in [0.25, 0.3) is 0 Å². The monoisotopic (exact) mass is 392 g/mol. The number of aryl methyl sites for hydroxylation is 1. The third kappa shape index (κ3) is 4.12. The summed E-state index contributed by atoms with van der Waals surface area (Å²) in [6.07, 6.45) is 4.93. The molecule has 1 saturated carbocycles. The zero-order valence-electron chi connectivity index (χ0n) is 12.5. The normalized spacial score (nSPS) is 17.1. The largest absolute Gasteiger partial charge is 0.388 e. The van der Waals surface area contributed by atoms with Gasteiger partial charge in [0.2, 0.25) is 0 Å². The second-order valence-electron chi connectivity index (χ2n) is 5.45. The predicted molar refractivity (Wildman–Crippen MR) is 92.5 cm³/mol. The average molecular weight is 392 g/mol. The summed E-state index contributed by atoms with van der Waals surface area (Å²) in [5.74, 6) is 0.821. The summed E-state index contributed by atoms with van der Waals surface area (Å²) in [4.78, 5) is 6.34. The van der Waals surface area contributed by atoms with Crippen molar-refractivity contribution in [2.24, 2.45) is 12.0 Å². The molecule has 0 bridgehead atoms. The third-order valence-corrected chi connectivity index (χ3v) is 3.88. The second-order valence-corrected chi connectivity index (χ2v) is 5.45. The van der Waals surface area contributed by atoms with E-state index in [1.54, 1.807) is 7.05 Å². The van der Waals surface area contributed by atoms with Crippen LogP contribution >= 0.6 is 24.0 Å². The van der Waals surface area contributed by atoms with Gasteiger partial charge in [-0.15, -0.1) is 24.0 Å². The van der Waals surface area contributed by atoms with Crippen LogP contribution in [-0.4, -0.2) is 46.8 Å². The van der Waals surface area contributed by atoms with Gasteiger partial charge in [0, 0.05) is 39.6 Å². The number of halogens is 1. The standard InChI is InChI=1S/C14H24N4O.HI/c1-15-13(16-11-14(19)7-5-8-14)18(3)10-12-6-4-9-17(12)2;/h4,6,9,19H,5,7-8,10-11H2,1-3H3,(H,15,16);1H. The minimum Gasteiger partial charge on any atom is -0.388 e. The lowest BCUT2D eigenvalue weighted by Gasteiger charge is -2.37. The van der Waals surface area contributed by atoms with Crippen molar-refractivity contribution in [3.63, 3.8) is 0 Å². The summed E-state index contributed by atoms with van der Waals surface area (Å²) in [5.41, 5.74) is 0.703. The van der Waals surface area contributed by atoms with Crippen LogP contribution in [0.1, 0.15) is 25.0 Å². The molecule has 2 N–H and O–H groups in total. The van der Waals surface area contributed by atoms with Crippen molar-refractivity contribution in [3.05, 3.63) is 24.0 Å². The van der Waals surface area contributed by atoms with Crippen molar-refractivity contribution >= 4 is 29.9 Å². The van der Waals surface area contributed by atoms with E-state index in [1.807, 2.05) is 26.4 Å². The average Bonchev–Trinajstić information content (AvgIpc) is 2.73. The molecule has 0 aromatic carbocycles. The summed E-state index contributed by atoms with van der Waals surface area (Å²) in [5, 5.41) is 13.4. The van der Waals surface area contributed by atoms with E-state index in [-0.39, 0.29) is 24.0 Å². The molecule has 0 atom stereocenters. The van der Waals surface area contributed by atoms with Crippen molar-refractivity contribution in [2.45, 2.75) is 31.4 Å². The maximum absolute atomic E-state index is 10.1. The Balaban J connectivity index is 0.00000200. The van der Waals surface area contributed by atoms with Crippen LogP contribution < -0.4 is 5.32 Å². The molecule has 0 unspecified atom stereocenters. The molecule has 0 amide bonds. The third-order valence-electron chi connectivity index (χ3n) is 3.88. The molecular weight excluding hydrogens is 367 g/mol. The Hall–Kier alpha value is -0.760. The van der Waals surface area contributed by atoms with Crippen molar-refractivity contribution < 1.29 is 5.11 Å². The topological polar surface area (TPSA) is 52.8 Å². The van der Waals surface area contributed by atoms with E-state index in [2.05, 4.69) is 25.8 Å². The number of rotatable bonds is 4. The van der Waals surface area contributed by atoms with Crippen LogP contribution in [0.15, 0.2) is 23.3 Å². The van der Waals surface area contributed by atoms with Gasteiger partial charge in [-0.3, -0.25) is 4.99 Å². The fraction of sp³-hybridized carbons (Fsp3) is 0.643. The minimum atomic E-state index is -0.526. The Kier molecular flexibility index (Phi) is 6.32. The fourth-order valence-corrected chi connectivity index (χ4v) is 2.37. The molecule has 0 spiro atoms. The Morgan fingerprint density at radius 3 is 2.70 bits per heavy atom. The molecule has 6 heteroatoms. The lowest BCUT2D eigenvalue weighted by Crippen LogP contribution is -2.50. The number of nitrogens with zero attached hydrogens (tertiary/aromatic N) is 3. The van der Waals surface area contributed by atoms with Crippen molar-refractivity contribution in [1.82, 2.24) is 14.8 Å². The zero-order valence-corrected chi connectivity index (χ0v) is 14.8. The van der Waals surface area contributed by atoms with Crippen LogP contribution in [0.5, 0.6) is 0 Å². The fourth-order valence-electron chi connectivity index (χ4n) is 2.37. The summed E-state index contributed by atoms with van der Waals surface area (Å²) in [7, 11) is 5.82. The molecule has 1 heterocycles. The summed E-state index contributed by atoms with van der Waals surface area (Å²) >= 11 is 0. The minimum absolute atomic E-state index is 0. The Bertz CT molecular complexity index is 454. The van der Waals surface area contributed by atoms with Gasteiger partial charge >= 0.3 is 0 Å². The van der Waals surface area contributed by atoms with Crippen molar-refractivity contribution in [1.29, 1.82) is 0 Å². The first-order chi connectivity index (χ1) is 9.04. The molecule has 1 fully saturated rings. The molecule has 1 aromatic heterocycles. The first kappa shape index (κ1) is 17.3. The number of aromatic nitrogens is 1. The van der Waals surface area contributed by atoms with E-state index in [9.17, 15) is 5.11 Å². The maximum atomic E-state index is 10.1. The molecule has 2 rings (SSSR count). The number of hydrogen-bond donors (Lipinski definition) is 2. The molecule has 5 nitrogen and oxygen atoms in total. The van der Waals surface area contributed by atoms with E-state index in [4.69, 9.17) is 0 Å². The SMILES string of the molecule is CN=C(NCC1(O)CCC1)N(C)Cc1cccn1C.I. The van der Waals surface area contributed by atoms with Crippen LogP contribution in [0.4, 0.5) is 0 Å². The highest BCUT2D eigenvalue weighted by molar-refractivity contribution is 14.0. The molecule has 1 aliphatic rings. The highest BCUT2D eigenvalue weighted by atomic mass is 127. The van der Waals surface area contributed by atoms with Crippen molar-refractivity contribution in [2.75, 3.05) is 20.6 Å². The summed E-state index contributed by atoms with van der Waals surface area (Å²) < 4.78 is 2.10. The first-order valence-corrected chi connectivity index (χ1v) is 6.78. The molecule has 20 heavy (non-hydrogen) atoms. The Morgan fingerprint density at radius 1 is 1.55 bits per heavy atom. The summed E-state index contributed by atoms with van der Waals surface area (Å²) in [6.45, 7) is 1.37. The first-order valence-electron chi connectivity index (χ1n) is 6.78. The number of hydrogen-bond acceptors (Lipinski definition) is 2. The highest BCUT2D eigenvalue weighted by Crippen LogP contribution is 2.30. The van der Waals surface area contributed by atoms with Crippen LogP contribution in [0.2, 0.25) is 0 Å². The maximum Gasteiger partial charge on any atom is 0.193 e. The summed E-state index contributed by atoms with van der Waals surface area (Å²) in [6, 6.07) is 4.14. The van der Waals surface area contributed by atoms with E-state index >= 15 is 0 Å². The van der Waals surface area contributed by atoms with E-state index in [0.29, 0.717) is 6.54 Å². The molecule has 0 saturated heterocycles. The number of aliphatic hydroxyl groups is 1. The van der Waals surface area contributed by atoms with Gasteiger partial charge in [0.25, 0.3) is 0 Å². The van der Waals surface area contributed by atoms with E-state index < -0.39 is 5.60 Å². The Labute approximate surface area is 138 Å². The van der Waals surface area contributed by atoms with Gasteiger partial charge in [0.15, 0.2) is 5.96 Å². The van der Waals surface area contributed by atoms with Crippen molar-refractivity contribution in [3.8, 4) is 0 Å². The highest BCUT2D eigenvalue weighted by Gasteiger charge is 2.34. The molecule has 0 radical (unpaired) electrons. The molecular formula is C14H25IN4O. The van der Waals surface area contributed by atoms with E-state index in [1.165, 1.54) is 5.69 Å². The van der Waals surface area contributed by atoms with Gasteiger partial charge in [0.1, 0.15) is 0 Å². The van der Waals surface area contributed by atoms with Crippen LogP contribution in [0.3, 0.4) is 0 Å². The van der Waals surface area contributed by atoms with Crippen LogP contribution in [-0.2, 0) is 13.6 Å². The van der Waals surface area contributed by atoms with Gasteiger partial charge in [-0.1, -0.05) is 0 Å². The van der Waals surface area contributed by atoms with Gasteiger partial charge in [-0.2, -0.15) is 0 Å². The molecule has 0 aliphatic heterocycles. The lowest BCUT2D eigenvalue weighted by molar-refractivity contribution is -0.0282. The number of guanidine groups is 1. The van der Waals surface area contributed by atoms with Gasteiger partial charge in [0.05, 0.1) is 12.1 Å². The smallest absolute Gasteiger partial charge is 0.193 e. The van der Waals surface area contributed by atoms with Gasteiger partial charge in [-0.25, -0.2) is 0 Å². The molecule has 114 valence electrons. The van der Waals surface area contributed by atoms with Gasteiger partial charge < -0.3 is 19.9 Å². The van der Waals surface area contributed by atoms with E-state index in [0.717, 1.165) is 31.8 Å². The Morgan fingerprint density at radius 2 is 2.25 bits per heavy atom. The molecule has 1 aromatic rings. The quantitative estimate of drug-likeness (QED) is 0.465. The second kappa shape index (κ2) is 7.31. The van der Waals surface area contributed by atoms with Crippen LogP contribution in [0, 0.1) is 0 Å². The van der Waals surface area contributed by atoms with Gasteiger partial charge in [-0.05, 0) is 31.4 Å². The number of nitrogens with one attached hydrogen (secondary N) is 1. The molecule has 1 aliphatic carbocycles. The predicted octanol–water partition coefficient (Wildman–Crippen LogP) is 1.57. The lowest BCUT2D eigenvalue weighted by atomic mass is 9.80. The zero-order chi connectivity index (χ0) is 13.9.